The molecule has 1 N–H and O–H groups in total. The van der Waals surface area contributed by atoms with Gasteiger partial charge in [-0.25, -0.2) is 9.38 Å². The largest absolute Gasteiger partial charge is 0.380 e. The maximum absolute atomic E-state index is 12.9. The minimum Gasteiger partial charge on any atom is -0.380 e. The minimum absolute atomic E-state index is 0.0146. The first kappa shape index (κ1) is 16.9. The molecule has 1 aliphatic heterocycles. The molecule has 0 unspecified atom stereocenters. The van der Waals surface area contributed by atoms with Gasteiger partial charge in [0.1, 0.15) is 17.1 Å². The maximum Gasteiger partial charge on any atom is 0.286 e. The number of imidazole rings is 1. The number of ether oxygens (including phenoxy) is 1. The van der Waals surface area contributed by atoms with Gasteiger partial charge in [0.05, 0.1) is 25.5 Å². The number of aromatic nitrogens is 6. The number of carbonyl (C=O) groups excluding carboxylic acids is 1. The molecule has 4 rings (SSSR count). The van der Waals surface area contributed by atoms with Gasteiger partial charge in [0.2, 0.25) is 5.78 Å². The summed E-state index contributed by atoms with van der Waals surface area (Å²) in [6.07, 6.45) is 5.41. The van der Waals surface area contributed by atoms with Crippen LogP contribution in [0.5, 0.6) is 0 Å². The molecule has 4 heterocycles. The lowest BCUT2D eigenvalue weighted by atomic mass is 9.99. The molecule has 3 aromatic heterocycles. The first-order valence-corrected chi connectivity index (χ1v) is 9.11. The van der Waals surface area contributed by atoms with Crippen molar-refractivity contribution in [2.75, 3.05) is 13.2 Å². The van der Waals surface area contributed by atoms with Crippen LogP contribution in [-0.4, -0.2) is 48.1 Å². The molecule has 138 valence electrons. The molecule has 0 atom stereocenters. The molecule has 0 aromatic carbocycles. The van der Waals surface area contributed by atoms with E-state index in [2.05, 4.69) is 27.1 Å². The summed E-state index contributed by atoms with van der Waals surface area (Å²) >= 11 is 0. The Labute approximate surface area is 149 Å². The Bertz CT molecular complexity index is 997. The highest BCUT2D eigenvalue weighted by Crippen LogP contribution is 2.16. The van der Waals surface area contributed by atoms with Gasteiger partial charge in [-0.2, -0.15) is 0 Å². The average Bonchev–Trinajstić information content (AvgIpc) is 3.22. The van der Waals surface area contributed by atoms with E-state index in [1.165, 1.54) is 10.7 Å². The number of rotatable bonds is 8. The molecule has 26 heavy (non-hydrogen) atoms. The molecule has 9 heteroatoms. The molecule has 0 aliphatic carbocycles. The van der Waals surface area contributed by atoms with Crippen molar-refractivity contribution in [1.29, 1.82) is 0 Å². The predicted octanol–water partition coefficient (Wildman–Crippen LogP) is 1.11. The van der Waals surface area contributed by atoms with Gasteiger partial charge in [0.15, 0.2) is 5.65 Å². The predicted molar refractivity (Wildman–Crippen MR) is 94.1 cm³/mol. The first-order chi connectivity index (χ1) is 12.7. The van der Waals surface area contributed by atoms with Crippen LogP contribution < -0.4 is 5.56 Å². The molecule has 0 radical (unpaired) electrons. The lowest BCUT2D eigenvalue weighted by Crippen LogP contribution is -2.35. The van der Waals surface area contributed by atoms with Gasteiger partial charge in [-0.15, -0.1) is 10.2 Å². The van der Waals surface area contributed by atoms with Crippen molar-refractivity contribution < 1.29 is 9.53 Å². The van der Waals surface area contributed by atoms with Gasteiger partial charge in [-0.3, -0.25) is 14.2 Å². The lowest BCUT2D eigenvalue weighted by molar-refractivity contribution is -0.136. The summed E-state index contributed by atoms with van der Waals surface area (Å²) in [5.74, 6) is 1.14. The van der Waals surface area contributed by atoms with Crippen LogP contribution in [0.3, 0.4) is 0 Å². The summed E-state index contributed by atoms with van der Waals surface area (Å²) in [7, 11) is 0. The SMILES string of the molecule is CCCCCn1c2nc[nH]c2c(=O)n2c(CCC(=O)C3COC3)nnc12. The Hall–Kier alpha value is -2.55. The third-order valence-corrected chi connectivity index (χ3v) is 4.92. The van der Waals surface area contributed by atoms with Gasteiger partial charge in [-0.1, -0.05) is 19.8 Å². The van der Waals surface area contributed by atoms with Crippen molar-refractivity contribution in [3.8, 4) is 0 Å². The van der Waals surface area contributed by atoms with Crippen molar-refractivity contribution in [3.63, 3.8) is 0 Å². The minimum atomic E-state index is -0.223. The fourth-order valence-corrected chi connectivity index (χ4v) is 3.29. The second kappa shape index (κ2) is 6.99. The Morgan fingerprint density at radius 2 is 2.19 bits per heavy atom. The van der Waals surface area contributed by atoms with Crippen LogP contribution in [0, 0.1) is 5.92 Å². The highest BCUT2D eigenvalue weighted by atomic mass is 16.5. The number of nitrogens with zero attached hydrogens (tertiary/aromatic N) is 5. The zero-order valence-corrected chi connectivity index (χ0v) is 14.8. The molecular weight excluding hydrogens is 336 g/mol. The number of hydrogen-bond acceptors (Lipinski definition) is 6. The number of ketones is 1. The smallest absolute Gasteiger partial charge is 0.286 e. The van der Waals surface area contributed by atoms with E-state index in [1.54, 1.807) is 0 Å². The summed E-state index contributed by atoms with van der Waals surface area (Å²) in [6.45, 7) is 3.86. The van der Waals surface area contributed by atoms with E-state index in [9.17, 15) is 9.59 Å². The highest BCUT2D eigenvalue weighted by molar-refractivity contribution is 5.82. The number of fused-ring (bicyclic) bond motifs is 2. The number of aryl methyl sites for hydroxylation is 2. The summed E-state index contributed by atoms with van der Waals surface area (Å²) in [5.41, 5.74) is 0.813. The number of aromatic amines is 1. The van der Waals surface area contributed by atoms with Gasteiger partial charge in [-0.05, 0) is 6.42 Å². The van der Waals surface area contributed by atoms with Crippen LogP contribution in [-0.2, 0) is 22.5 Å². The molecule has 0 amide bonds. The van der Waals surface area contributed by atoms with Gasteiger partial charge in [0, 0.05) is 19.4 Å². The number of hydrogen-bond donors (Lipinski definition) is 1. The van der Waals surface area contributed by atoms with E-state index in [0.29, 0.717) is 48.8 Å². The molecule has 0 spiro atoms. The second-order valence-corrected chi connectivity index (χ2v) is 6.72. The Morgan fingerprint density at radius 3 is 2.92 bits per heavy atom. The van der Waals surface area contributed by atoms with E-state index in [4.69, 9.17) is 4.74 Å². The Kier molecular flexibility index (Phi) is 4.54. The van der Waals surface area contributed by atoms with E-state index >= 15 is 0 Å². The van der Waals surface area contributed by atoms with Crippen molar-refractivity contribution in [2.45, 2.75) is 45.6 Å². The highest BCUT2D eigenvalue weighted by Gasteiger charge is 2.26. The Morgan fingerprint density at radius 1 is 1.35 bits per heavy atom. The number of nitrogens with one attached hydrogen (secondary N) is 1. The number of Topliss-reactive ketones (excluding diaryl/α,β-unsaturated/α-hetero) is 1. The zero-order valence-electron chi connectivity index (χ0n) is 14.8. The summed E-state index contributed by atoms with van der Waals surface area (Å²) in [5, 5.41) is 8.42. The van der Waals surface area contributed by atoms with Crippen LogP contribution in [0.1, 0.15) is 38.4 Å². The second-order valence-electron chi connectivity index (χ2n) is 6.72. The molecule has 1 fully saturated rings. The van der Waals surface area contributed by atoms with Crippen molar-refractivity contribution in [3.05, 3.63) is 22.5 Å². The van der Waals surface area contributed by atoms with Crippen molar-refractivity contribution in [1.82, 2.24) is 29.1 Å². The van der Waals surface area contributed by atoms with Crippen LogP contribution in [0.2, 0.25) is 0 Å². The van der Waals surface area contributed by atoms with Gasteiger partial charge in [0.25, 0.3) is 5.56 Å². The lowest BCUT2D eigenvalue weighted by Gasteiger charge is -2.24. The summed E-state index contributed by atoms with van der Waals surface area (Å²) < 4.78 is 8.51. The maximum atomic E-state index is 12.9. The van der Waals surface area contributed by atoms with Crippen LogP contribution >= 0.6 is 0 Å². The molecule has 0 saturated carbocycles. The topological polar surface area (TPSA) is 107 Å². The molecule has 0 bridgehead atoms. The third kappa shape index (κ3) is 2.82. The summed E-state index contributed by atoms with van der Waals surface area (Å²) in [6, 6.07) is 0. The normalized spacial score (nSPS) is 15.0. The molecule has 9 nitrogen and oxygen atoms in total. The molecule has 3 aromatic rings. The standard InChI is InChI=1S/C17H22N6O3/c1-2-3-4-7-22-15-14(18-10-19-15)16(25)23-13(20-21-17(22)23)6-5-12(24)11-8-26-9-11/h10-11H,2-9H2,1H3,(H,18,19). The van der Waals surface area contributed by atoms with E-state index in [-0.39, 0.29) is 17.3 Å². The fourth-order valence-electron chi connectivity index (χ4n) is 3.29. The van der Waals surface area contributed by atoms with E-state index < -0.39 is 0 Å². The molecule has 1 saturated heterocycles. The first-order valence-electron chi connectivity index (χ1n) is 9.11. The monoisotopic (exact) mass is 358 g/mol. The molecule has 1 aliphatic rings. The van der Waals surface area contributed by atoms with Crippen molar-refractivity contribution in [2.24, 2.45) is 5.92 Å². The quantitative estimate of drug-likeness (QED) is 0.604. The molecular formula is C17H22N6O3. The fraction of sp³-hybridized carbons (Fsp3) is 0.588. The average molecular weight is 358 g/mol. The summed E-state index contributed by atoms with van der Waals surface area (Å²) in [4.78, 5) is 32.2. The number of unbranched alkanes of at least 4 members (excludes halogenated alkanes) is 2. The number of H-pyrrole nitrogens is 1. The zero-order chi connectivity index (χ0) is 18.1. The van der Waals surface area contributed by atoms with Crippen LogP contribution in [0.4, 0.5) is 0 Å². The Balaban J connectivity index is 1.70. The van der Waals surface area contributed by atoms with E-state index in [1.807, 2.05) is 4.57 Å². The third-order valence-electron chi connectivity index (χ3n) is 4.92. The number of carbonyl (C=O) groups is 1. The van der Waals surface area contributed by atoms with Gasteiger partial charge < -0.3 is 9.72 Å². The van der Waals surface area contributed by atoms with Crippen LogP contribution in [0.25, 0.3) is 16.9 Å². The van der Waals surface area contributed by atoms with Crippen LogP contribution in [0.15, 0.2) is 11.1 Å². The van der Waals surface area contributed by atoms with Gasteiger partial charge >= 0.3 is 0 Å². The van der Waals surface area contributed by atoms with Crippen molar-refractivity contribution >= 4 is 22.7 Å². The van der Waals surface area contributed by atoms with E-state index in [0.717, 1.165) is 25.8 Å².